The van der Waals surface area contributed by atoms with Crippen LogP contribution in [0.4, 0.5) is 0 Å². The summed E-state index contributed by atoms with van der Waals surface area (Å²) in [6, 6.07) is 10.2. The number of Topliss-reactive ketones (excluding diaryl/α,β-unsaturated/α-hetero) is 1. The SMILES string of the molecule is C[C@]1(CCc2ccccc2)C(=O)C(CO)C[C@@H]1CCO. The molecule has 0 heterocycles. The zero-order valence-corrected chi connectivity index (χ0v) is 12.1. The standard InChI is InChI=1S/C17H24O3/c1-17(9-7-13-5-3-2-4-6-13)15(8-10-18)11-14(12-19)16(17)20/h2-6,14-15,18-19H,7-12H2,1H3/t14?,15-,17+/m0/s1. The van der Waals surface area contributed by atoms with Gasteiger partial charge in [-0.25, -0.2) is 0 Å². The van der Waals surface area contributed by atoms with Gasteiger partial charge in [-0.2, -0.15) is 0 Å². The molecule has 3 heteroatoms. The van der Waals surface area contributed by atoms with Crippen molar-refractivity contribution in [2.24, 2.45) is 17.3 Å². The van der Waals surface area contributed by atoms with E-state index >= 15 is 0 Å². The summed E-state index contributed by atoms with van der Waals surface area (Å²) in [6.45, 7) is 2.05. The predicted molar refractivity (Wildman–Crippen MR) is 78.3 cm³/mol. The normalized spacial score (nSPS) is 29.9. The molecule has 2 rings (SSSR count). The average molecular weight is 276 g/mol. The number of aliphatic hydroxyl groups is 2. The van der Waals surface area contributed by atoms with Crippen LogP contribution in [0.25, 0.3) is 0 Å². The molecule has 1 aromatic carbocycles. The molecule has 1 aliphatic rings. The Balaban J connectivity index is 2.10. The molecule has 1 unspecified atom stereocenters. The maximum absolute atomic E-state index is 12.5. The topological polar surface area (TPSA) is 57.5 Å². The van der Waals surface area contributed by atoms with Crippen LogP contribution in [0, 0.1) is 17.3 Å². The monoisotopic (exact) mass is 276 g/mol. The fourth-order valence-electron chi connectivity index (χ4n) is 3.50. The van der Waals surface area contributed by atoms with Gasteiger partial charge in [0.1, 0.15) is 5.78 Å². The molecule has 0 aliphatic heterocycles. The van der Waals surface area contributed by atoms with E-state index in [9.17, 15) is 15.0 Å². The van der Waals surface area contributed by atoms with Crippen LogP contribution in [0.15, 0.2) is 30.3 Å². The van der Waals surface area contributed by atoms with E-state index in [2.05, 4.69) is 12.1 Å². The highest BCUT2D eigenvalue weighted by Gasteiger charge is 2.49. The van der Waals surface area contributed by atoms with Gasteiger partial charge >= 0.3 is 0 Å². The fraction of sp³-hybridized carbons (Fsp3) is 0.588. The molecule has 0 aromatic heterocycles. The lowest BCUT2D eigenvalue weighted by Gasteiger charge is -2.30. The largest absolute Gasteiger partial charge is 0.396 e. The second-order valence-corrected chi connectivity index (χ2v) is 6.09. The summed E-state index contributed by atoms with van der Waals surface area (Å²) in [4.78, 5) is 12.5. The van der Waals surface area contributed by atoms with Gasteiger partial charge in [0.05, 0.1) is 6.61 Å². The molecule has 3 atom stereocenters. The summed E-state index contributed by atoms with van der Waals surface area (Å²) < 4.78 is 0. The molecule has 0 amide bonds. The average Bonchev–Trinajstić information content (AvgIpc) is 2.72. The minimum absolute atomic E-state index is 0.0678. The molecule has 2 N–H and O–H groups in total. The van der Waals surface area contributed by atoms with Crippen LogP contribution >= 0.6 is 0 Å². The van der Waals surface area contributed by atoms with Crippen LogP contribution in [0.2, 0.25) is 0 Å². The number of benzene rings is 1. The second-order valence-electron chi connectivity index (χ2n) is 6.09. The van der Waals surface area contributed by atoms with E-state index in [1.165, 1.54) is 5.56 Å². The first-order valence-electron chi connectivity index (χ1n) is 7.41. The molecule has 0 radical (unpaired) electrons. The third-order valence-electron chi connectivity index (χ3n) is 4.88. The van der Waals surface area contributed by atoms with Crippen molar-refractivity contribution in [3.63, 3.8) is 0 Å². The van der Waals surface area contributed by atoms with Crippen molar-refractivity contribution in [2.75, 3.05) is 13.2 Å². The Kier molecular flexibility index (Phi) is 4.95. The first-order chi connectivity index (χ1) is 9.61. The number of carbonyl (C=O) groups excluding carboxylic acids is 1. The molecule has 1 fully saturated rings. The Hall–Kier alpha value is -1.19. The van der Waals surface area contributed by atoms with Crippen molar-refractivity contribution in [3.05, 3.63) is 35.9 Å². The molecule has 1 saturated carbocycles. The van der Waals surface area contributed by atoms with E-state index < -0.39 is 5.41 Å². The van der Waals surface area contributed by atoms with Crippen LogP contribution in [-0.4, -0.2) is 29.2 Å². The van der Waals surface area contributed by atoms with Crippen LogP contribution in [0.3, 0.4) is 0 Å². The van der Waals surface area contributed by atoms with Crippen molar-refractivity contribution in [3.8, 4) is 0 Å². The first-order valence-corrected chi connectivity index (χ1v) is 7.41. The lowest BCUT2D eigenvalue weighted by Crippen LogP contribution is -2.32. The van der Waals surface area contributed by atoms with Crippen LogP contribution < -0.4 is 0 Å². The molecule has 0 saturated heterocycles. The van der Waals surface area contributed by atoms with E-state index in [4.69, 9.17) is 0 Å². The van der Waals surface area contributed by atoms with Crippen LogP contribution in [-0.2, 0) is 11.2 Å². The molecule has 20 heavy (non-hydrogen) atoms. The molecular formula is C17H24O3. The van der Waals surface area contributed by atoms with Gasteiger partial charge in [-0.05, 0) is 37.2 Å². The first kappa shape index (κ1) is 15.2. The van der Waals surface area contributed by atoms with Crippen molar-refractivity contribution in [1.82, 2.24) is 0 Å². The molecule has 1 aromatic rings. The van der Waals surface area contributed by atoms with Crippen LogP contribution in [0.1, 0.15) is 31.7 Å². The summed E-state index contributed by atoms with van der Waals surface area (Å²) in [5, 5.41) is 18.6. The van der Waals surface area contributed by atoms with Gasteiger partial charge in [0.2, 0.25) is 0 Å². The summed E-state index contributed by atoms with van der Waals surface area (Å²) in [5.74, 6) is 0.113. The van der Waals surface area contributed by atoms with Gasteiger partial charge in [0.15, 0.2) is 0 Å². The predicted octanol–water partition coefficient (Wildman–Crippen LogP) is 2.21. The fourth-order valence-corrected chi connectivity index (χ4v) is 3.50. The Morgan fingerprint density at radius 3 is 2.55 bits per heavy atom. The summed E-state index contributed by atoms with van der Waals surface area (Å²) in [6.07, 6.45) is 3.01. The van der Waals surface area contributed by atoms with E-state index in [0.717, 1.165) is 12.8 Å². The maximum atomic E-state index is 12.5. The molecule has 3 nitrogen and oxygen atoms in total. The van der Waals surface area contributed by atoms with E-state index in [1.807, 2.05) is 25.1 Å². The molecule has 0 spiro atoms. The Bertz CT molecular complexity index is 443. The highest BCUT2D eigenvalue weighted by Crippen LogP contribution is 2.47. The van der Waals surface area contributed by atoms with Gasteiger partial charge < -0.3 is 10.2 Å². The maximum Gasteiger partial charge on any atom is 0.144 e. The van der Waals surface area contributed by atoms with Crippen molar-refractivity contribution < 1.29 is 15.0 Å². The minimum atomic E-state index is -0.411. The Morgan fingerprint density at radius 1 is 1.25 bits per heavy atom. The van der Waals surface area contributed by atoms with E-state index in [-0.39, 0.29) is 30.8 Å². The number of rotatable bonds is 6. The molecular weight excluding hydrogens is 252 g/mol. The summed E-state index contributed by atoms with van der Waals surface area (Å²) >= 11 is 0. The van der Waals surface area contributed by atoms with Gasteiger partial charge in [-0.1, -0.05) is 37.3 Å². The number of hydrogen-bond donors (Lipinski definition) is 2. The van der Waals surface area contributed by atoms with Gasteiger partial charge in [-0.3, -0.25) is 4.79 Å². The zero-order valence-electron chi connectivity index (χ0n) is 12.1. The molecule has 0 bridgehead atoms. The number of aryl methyl sites for hydroxylation is 1. The van der Waals surface area contributed by atoms with Gasteiger partial charge in [0.25, 0.3) is 0 Å². The number of hydrogen-bond acceptors (Lipinski definition) is 3. The summed E-state index contributed by atoms with van der Waals surface area (Å²) in [5.41, 5.74) is 0.822. The third kappa shape index (κ3) is 2.94. The zero-order chi connectivity index (χ0) is 14.6. The number of ketones is 1. The van der Waals surface area contributed by atoms with E-state index in [0.29, 0.717) is 12.8 Å². The highest BCUT2D eigenvalue weighted by molar-refractivity contribution is 5.89. The highest BCUT2D eigenvalue weighted by atomic mass is 16.3. The Labute approximate surface area is 120 Å². The van der Waals surface area contributed by atoms with Crippen molar-refractivity contribution >= 4 is 5.78 Å². The van der Waals surface area contributed by atoms with Crippen molar-refractivity contribution in [2.45, 2.75) is 32.6 Å². The lowest BCUT2D eigenvalue weighted by atomic mass is 9.73. The number of carbonyl (C=O) groups is 1. The quantitative estimate of drug-likeness (QED) is 0.837. The number of aliphatic hydroxyl groups excluding tert-OH is 2. The summed E-state index contributed by atoms with van der Waals surface area (Å²) in [7, 11) is 0. The third-order valence-corrected chi connectivity index (χ3v) is 4.88. The van der Waals surface area contributed by atoms with Gasteiger partial charge in [0, 0.05) is 17.9 Å². The minimum Gasteiger partial charge on any atom is -0.396 e. The van der Waals surface area contributed by atoms with Crippen molar-refractivity contribution in [1.29, 1.82) is 0 Å². The lowest BCUT2D eigenvalue weighted by molar-refractivity contribution is -0.130. The van der Waals surface area contributed by atoms with Gasteiger partial charge in [-0.15, -0.1) is 0 Å². The second kappa shape index (κ2) is 6.51. The molecule has 1 aliphatic carbocycles. The van der Waals surface area contributed by atoms with E-state index in [1.54, 1.807) is 0 Å². The smallest absolute Gasteiger partial charge is 0.144 e. The van der Waals surface area contributed by atoms with Crippen LogP contribution in [0.5, 0.6) is 0 Å². The Morgan fingerprint density at radius 2 is 1.95 bits per heavy atom. The molecule has 110 valence electrons.